The SMILES string of the molecule is CC(O)c1cc2c(N[C@H]3CC[C@H](O)CC3)c(-c3ccc(CN4CCOCC4)cn3)cnc2[nH]1. The maximum absolute atomic E-state index is 10.1. The summed E-state index contributed by atoms with van der Waals surface area (Å²) in [6.07, 6.45) is 6.47. The van der Waals surface area contributed by atoms with Gasteiger partial charge in [-0.05, 0) is 50.3 Å². The van der Waals surface area contributed by atoms with Gasteiger partial charge in [0.25, 0.3) is 0 Å². The fraction of sp³-hybridized carbons (Fsp3) is 0.520. The fourth-order valence-corrected chi connectivity index (χ4v) is 4.79. The molecule has 33 heavy (non-hydrogen) atoms. The number of aromatic amines is 1. The van der Waals surface area contributed by atoms with Crippen molar-refractivity contribution in [2.24, 2.45) is 0 Å². The van der Waals surface area contributed by atoms with E-state index in [4.69, 9.17) is 9.72 Å². The molecule has 0 bridgehead atoms. The quantitative estimate of drug-likeness (QED) is 0.456. The highest BCUT2D eigenvalue weighted by Crippen LogP contribution is 2.36. The van der Waals surface area contributed by atoms with Gasteiger partial charge in [0.15, 0.2) is 0 Å². The third kappa shape index (κ3) is 5.04. The zero-order valence-corrected chi connectivity index (χ0v) is 19.1. The Bertz CT molecular complexity index is 1070. The second-order valence-corrected chi connectivity index (χ2v) is 9.30. The van der Waals surface area contributed by atoms with E-state index in [9.17, 15) is 10.2 Å². The van der Waals surface area contributed by atoms with Crippen LogP contribution in [-0.4, -0.2) is 68.5 Å². The first-order valence-corrected chi connectivity index (χ1v) is 12.0. The van der Waals surface area contributed by atoms with Crippen LogP contribution in [0.1, 0.15) is 50.0 Å². The summed E-state index contributed by atoms with van der Waals surface area (Å²) in [5.74, 6) is 0. The first kappa shape index (κ1) is 22.3. The molecule has 176 valence electrons. The minimum atomic E-state index is -0.599. The summed E-state index contributed by atoms with van der Waals surface area (Å²) in [4.78, 5) is 15.0. The van der Waals surface area contributed by atoms with Gasteiger partial charge in [-0.3, -0.25) is 9.88 Å². The first-order chi connectivity index (χ1) is 16.1. The van der Waals surface area contributed by atoms with Gasteiger partial charge >= 0.3 is 0 Å². The van der Waals surface area contributed by atoms with Gasteiger partial charge in [-0.15, -0.1) is 0 Å². The molecule has 0 spiro atoms. The van der Waals surface area contributed by atoms with E-state index in [1.807, 2.05) is 18.5 Å². The molecule has 3 aromatic heterocycles. The third-order valence-electron chi connectivity index (χ3n) is 6.78. The van der Waals surface area contributed by atoms with E-state index in [0.717, 1.165) is 92.2 Å². The highest BCUT2D eigenvalue weighted by atomic mass is 16.5. The van der Waals surface area contributed by atoms with Crippen LogP contribution < -0.4 is 5.32 Å². The van der Waals surface area contributed by atoms with Crippen LogP contribution in [0.2, 0.25) is 0 Å². The molecule has 0 radical (unpaired) electrons. The summed E-state index contributed by atoms with van der Waals surface area (Å²) in [6.45, 7) is 6.09. The van der Waals surface area contributed by atoms with E-state index in [-0.39, 0.29) is 12.1 Å². The average molecular weight is 452 g/mol. The molecule has 3 aromatic rings. The van der Waals surface area contributed by atoms with Crippen LogP contribution in [0.3, 0.4) is 0 Å². The zero-order valence-electron chi connectivity index (χ0n) is 19.1. The molecule has 4 N–H and O–H groups in total. The Morgan fingerprint density at radius 1 is 1.15 bits per heavy atom. The number of pyridine rings is 2. The maximum atomic E-state index is 10.1. The number of aliphatic hydroxyl groups excluding tert-OH is 2. The molecule has 2 aliphatic rings. The number of hydrogen-bond acceptors (Lipinski definition) is 7. The lowest BCUT2D eigenvalue weighted by molar-refractivity contribution is 0.0341. The number of nitrogens with one attached hydrogen (secondary N) is 2. The van der Waals surface area contributed by atoms with E-state index in [1.54, 1.807) is 6.92 Å². The second kappa shape index (κ2) is 9.77. The van der Waals surface area contributed by atoms with Gasteiger partial charge in [0.1, 0.15) is 5.65 Å². The highest BCUT2D eigenvalue weighted by Gasteiger charge is 2.23. The van der Waals surface area contributed by atoms with Gasteiger partial charge in [0.2, 0.25) is 0 Å². The van der Waals surface area contributed by atoms with Crippen molar-refractivity contribution in [2.45, 2.75) is 57.4 Å². The number of aromatic nitrogens is 3. The van der Waals surface area contributed by atoms with E-state index in [2.05, 4.69) is 32.3 Å². The molecule has 0 amide bonds. The lowest BCUT2D eigenvalue weighted by atomic mass is 9.92. The lowest BCUT2D eigenvalue weighted by Gasteiger charge is -2.28. The Morgan fingerprint density at radius 3 is 2.64 bits per heavy atom. The maximum Gasteiger partial charge on any atom is 0.139 e. The van der Waals surface area contributed by atoms with E-state index >= 15 is 0 Å². The van der Waals surface area contributed by atoms with Gasteiger partial charge in [0.05, 0.1) is 36.8 Å². The smallest absolute Gasteiger partial charge is 0.139 e. The molecule has 0 aromatic carbocycles. The van der Waals surface area contributed by atoms with Crippen molar-refractivity contribution in [3.63, 3.8) is 0 Å². The number of ether oxygens (including phenoxy) is 1. The minimum Gasteiger partial charge on any atom is -0.393 e. The van der Waals surface area contributed by atoms with Gasteiger partial charge in [-0.1, -0.05) is 6.07 Å². The number of anilines is 1. The number of H-pyrrole nitrogens is 1. The average Bonchev–Trinajstić information content (AvgIpc) is 3.27. The molecule has 8 heteroatoms. The number of hydrogen-bond donors (Lipinski definition) is 4. The molecular formula is C25H33N5O3. The van der Waals surface area contributed by atoms with Crippen molar-refractivity contribution in [1.29, 1.82) is 0 Å². The summed E-state index contributed by atoms with van der Waals surface area (Å²) in [7, 11) is 0. The Balaban J connectivity index is 1.45. The topological polar surface area (TPSA) is 107 Å². The number of aliphatic hydroxyl groups is 2. The van der Waals surface area contributed by atoms with Crippen LogP contribution in [-0.2, 0) is 11.3 Å². The van der Waals surface area contributed by atoms with Crippen molar-refractivity contribution < 1.29 is 14.9 Å². The van der Waals surface area contributed by atoms with Gasteiger partial charge in [-0.2, -0.15) is 0 Å². The predicted molar refractivity (Wildman–Crippen MR) is 128 cm³/mol. The number of nitrogens with zero attached hydrogens (tertiary/aromatic N) is 3. The molecule has 8 nitrogen and oxygen atoms in total. The van der Waals surface area contributed by atoms with Crippen molar-refractivity contribution in [3.8, 4) is 11.3 Å². The van der Waals surface area contributed by atoms with Crippen molar-refractivity contribution in [2.75, 3.05) is 31.6 Å². The van der Waals surface area contributed by atoms with Crippen LogP contribution >= 0.6 is 0 Å². The summed E-state index contributed by atoms with van der Waals surface area (Å²) in [5.41, 5.74) is 5.47. The van der Waals surface area contributed by atoms with E-state index < -0.39 is 6.10 Å². The minimum absolute atomic E-state index is 0.199. The number of fused-ring (bicyclic) bond motifs is 1. The summed E-state index contributed by atoms with van der Waals surface area (Å²) in [6, 6.07) is 6.46. The van der Waals surface area contributed by atoms with E-state index in [0.29, 0.717) is 0 Å². The van der Waals surface area contributed by atoms with E-state index in [1.165, 1.54) is 5.56 Å². The second-order valence-electron chi connectivity index (χ2n) is 9.30. The standard InChI is InChI=1S/C25H33N5O3/c1-16(31)23-12-20-24(28-18-3-5-19(32)6-4-18)21(14-27-25(20)29-23)22-7-2-17(13-26-22)15-30-8-10-33-11-9-30/h2,7,12-14,16,18-19,31-32H,3-6,8-11,15H2,1H3,(H2,27,28,29)/t16?,18-,19-. The van der Waals surface area contributed by atoms with Gasteiger partial charge in [-0.25, -0.2) is 4.98 Å². The zero-order chi connectivity index (χ0) is 22.8. The molecule has 1 atom stereocenters. The van der Waals surface area contributed by atoms with Gasteiger partial charge < -0.3 is 25.3 Å². The highest BCUT2D eigenvalue weighted by molar-refractivity contribution is 5.98. The third-order valence-corrected chi connectivity index (χ3v) is 6.78. The van der Waals surface area contributed by atoms with Crippen LogP contribution in [0.5, 0.6) is 0 Å². The first-order valence-electron chi connectivity index (χ1n) is 12.0. The van der Waals surface area contributed by atoms with Crippen LogP contribution in [0.4, 0.5) is 5.69 Å². The Hall–Kier alpha value is -2.52. The predicted octanol–water partition coefficient (Wildman–Crippen LogP) is 3.23. The van der Waals surface area contributed by atoms with Crippen molar-refractivity contribution >= 4 is 16.7 Å². The Morgan fingerprint density at radius 2 is 1.94 bits per heavy atom. The molecule has 2 fully saturated rings. The summed E-state index contributed by atoms with van der Waals surface area (Å²) >= 11 is 0. The Labute approximate surface area is 194 Å². The molecule has 1 saturated carbocycles. The normalized spacial score (nSPS) is 23.0. The molecule has 5 rings (SSSR count). The van der Waals surface area contributed by atoms with Crippen LogP contribution in [0.25, 0.3) is 22.3 Å². The molecule has 1 aliphatic heterocycles. The van der Waals surface area contributed by atoms with Crippen LogP contribution in [0.15, 0.2) is 30.6 Å². The van der Waals surface area contributed by atoms with Gasteiger partial charge in [0, 0.05) is 54.7 Å². The number of morpholine rings is 1. The lowest BCUT2D eigenvalue weighted by Crippen LogP contribution is -2.35. The van der Waals surface area contributed by atoms with Crippen LogP contribution in [0, 0.1) is 0 Å². The summed E-state index contributed by atoms with van der Waals surface area (Å²) < 4.78 is 5.44. The Kier molecular flexibility index (Phi) is 6.59. The largest absolute Gasteiger partial charge is 0.393 e. The van der Waals surface area contributed by atoms with Crippen molar-refractivity contribution in [3.05, 3.63) is 41.9 Å². The number of rotatable bonds is 6. The molecule has 1 aliphatic carbocycles. The molecule has 4 heterocycles. The molecule has 1 saturated heterocycles. The molecule has 1 unspecified atom stereocenters. The van der Waals surface area contributed by atoms with Crippen molar-refractivity contribution in [1.82, 2.24) is 19.9 Å². The monoisotopic (exact) mass is 451 g/mol. The summed E-state index contributed by atoms with van der Waals surface area (Å²) in [5, 5.41) is 24.7. The molecular weight excluding hydrogens is 418 g/mol. The fourth-order valence-electron chi connectivity index (χ4n) is 4.79.